The number of rotatable bonds is 6. The van der Waals surface area contributed by atoms with Crippen LogP contribution in [0, 0.1) is 19.8 Å². The molecule has 0 unspecified atom stereocenters. The molecule has 0 saturated heterocycles. The van der Waals surface area contributed by atoms with E-state index in [1.807, 2.05) is 12.1 Å². The summed E-state index contributed by atoms with van der Waals surface area (Å²) >= 11 is 1.48. The van der Waals surface area contributed by atoms with Crippen LogP contribution in [0.25, 0.3) is 0 Å². The lowest BCUT2D eigenvalue weighted by molar-refractivity contribution is 0.472. The van der Waals surface area contributed by atoms with Crippen molar-refractivity contribution in [3.63, 3.8) is 0 Å². The molecule has 108 valence electrons. The zero-order valence-corrected chi connectivity index (χ0v) is 13.3. The van der Waals surface area contributed by atoms with Crippen molar-refractivity contribution in [2.24, 2.45) is 5.92 Å². The van der Waals surface area contributed by atoms with E-state index in [-0.39, 0.29) is 0 Å². The van der Waals surface area contributed by atoms with Gasteiger partial charge in [-0.05, 0) is 49.6 Å². The van der Waals surface area contributed by atoms with Crippen molar-refractivity contribution in [3.05, 3.63) is 34.3 Å². The summed E-state index contributed by atoms with van der Waals surface area (Å²) in [6.07, 6.45) is 0. The van der Waals surface area contributed by atoms with Crippen molar-refractivity contribution in [2.75, 3.05) is 6.54 Å². The van der Waals surface area contributed by atoms with Crippen molar-refractivity contribution in [3.8, 4) is 10.9 Å². The molecule has 20 heavy (non-hydrogen) atoms. The normalized spacial score (nSPS) is 11.1. The van der Waals surface area contributed by atoms with Crippen LogP contribution in [0.3, 0.4) is 0 Å². The SMILES string of the molecule is Cc1cc(C)cc(Oc2nnc(CNCC(C)C)s2)c1. The van der Waals surface area contributed by atoms with Crippen molar-refractivity contribution in [2.45, 2.75) is 34.2 Å². The van der Waals surface area contributed by atoms with Gasteiger partial charge in [-0.3, -0.25) is 0 Å². The van der Waals surface area contributed by atoms with E-state index in [1.54, 1.807) is 0 Å². The predicted molar refractivity (Wildman–Crippen MR) is 82.4 cm³/mol. The largest absolute Gasteiger partial charge is 0.430 e. The fraction of sp³-hybridized carbons (Fsp3) is 0.467. The van der Waals surface area contributed by atoms with Crippen molar-refractivity contribution < 1.29 is 4.74 Å². The van der Waals surface area contributed by atoms with Crippen LogP contribution in [0.1, 0.15) is 30.0 Å². The highest BCUT2D eigenvalue weighted by molar-refractivity contribution is 7.13. The van der Waals surface area contributed by atoms with Crippen LogP contribution < -0.4 is 10.1 Å². The summed E-state index contributed by atoms with van der Waals surface area (Å²) in [4.78, 5) is 0. The predicted octanol–water partition coefficient (Wildman–Crippen LogP) is 3.69. The molecule has 0 fully saturated rings. The number of nitrogens with zero attached hydrogens (tertiary/aromatic N) is 2. The summed E-state index contributed by atoms with van der Waals surface area (Å²) in [7, 11) is 0. The first-order valence-corrected chi connectivity index (χ1v) is 7.64. The first-order valence-electron chi connectivity index (χ1n) is 6.82. The highest BCUT2D eigenvalue weighted by Crippen LogP contribution is 2.26. The van der Waals surface area contributed by atoms with E-state index in [9.17, 15) is 0 Å². The molecular weight excluding hydrogens is 270 g/mol. The molecular formula is C15H21N3OS. The third-order valence-corrected chi connectivity index (χ3v) is 3.48. The molecule has 0 saturated carbocycles. The zero-order valence-electron chi connectivity index (χ0n) is 12.4. The van der Waals surface area contributed by atoms with Crippen molar-refractivity contribution in [1.29, 1.82) is 0 Å². The number of hydrogen-bond acceptors (Lipinski definition) is 5. The molecule has 2 aromatic rings. The van der Waals surface area contributed by atoms with Gasteiger partial charge in [-0.2, -0.15) is 0 Å². The fourth-order valence-corrected chi connectivity index (χ4v) is 2.59. The number of aryl methyl sites for hydroxylation is 2. The van der Waals surface area contributed by atoms with Crippen molar-refractivity contribution >= 4 is 11.3 Å². The Morgan fingerprint density at radius 3 is 2.50 bits per heavy atom. The van der Waals surface area contributed by atoms with Crippen LogP contribution in [0.15, 0.2) is 18.2 Å². The van der Waals surface area contributed by atoms with E-state index in [4.69, 9.17) is 4.74 Å². The van der Waals surface area contributed by atoms with Crippen LogP contribution in [0.4, 0.5) is 0 Å². The standard InChI is InChI=1S/C15H21N3OS/c1-10(2)8-16-9-14-17-18-15(20-14)19-13-6-11(3)5-12(4)7-13/h5-7,10,16H,8-9H2,1-4H3. The average molecular weight is 291 g/mol. The Morgan fingerprint density at radius 1 is 1.15 bits per heavy atom. The van der Waals surface area contributed by atoms with Crippen LogP contribution in [-0.4, -0.2) is 16.7 Å². The Kier molecular flexibility index (Phi) is 5.09. The highest BCUT2D eigenvalue weighted by Gasteiger charge is 2.07. The highest BCUT2D eigenvalue weighted by atomic mass is 32.1. The third-order valence-electron chi connectivity index (χ3n) is 2.68. The summed E-state index contributed by atoms with van der Waals surface area (Å²) in [5.41, 5.74) is 2.37. The lowest BCUT2D eigenvalue weighted by Crippen LogP contribution is -2.18. The second-order valence-electron chi connectivity index (χ2n) is 5.41. The van der Waals surface area contributed by atoms with Gasteiger partial charge >= 0.3 is 0 Å². The van der Waals surface area contributed by atoms with E-state index in [0.717, 1.165) is 23.8 Å². The smallest absolute Gasteiger partial charge is 0.299 e. The summed E-state index contributed by atoms with van der Waals surface area (Å²) in [5.74, 6) is 1.45. The molecule has 1 heterocycles. The topological polar surface area (TPSA) is 47.0 Å². The molecule has 1 N–H and O–H groups in total. The minimum absolute atomic E-state index is 0.594. The Hall–Kier alpha value is -1.46. The minimum Gasteiger partial charge on any atom is -0.430 e. The van der Waals surface area contributed by atoms with Gasteiger partial charge in [0.25, 0.3) is 5.19 Å². The lowest BCUT2D eigenvalue weighted by atomic mass is 10.1. The number of ether oxygens (including phenoxy) is 1. The summed E-state index contributed by atoms with van der Waals surface area (Å²) in [6.45, 7) is 10.2. The zero-order chi connectivity index (χ0) is 14.5. The van der Waals surface area contributed by atoms with Crippen LogP contribution >= 0.6 is 11.3 Å². The molecule has 1 aromatic carbocycles. The molecule has 0 aliphatic heterocycles. The molecule has 0 atom stereocenters. The van der Waals surface area contributed by atoms with Gasteiger partial charge in [0.15, 0.2) is 0 Å². The Bertz CT molecular complexity index is 546. The molecule has 1 aromatic heterocycles. The van der Waals surface area contributed by atoms with Crippen LogP contribution in [-0.2, 0) is 6.54 Å². The second kappa shape index (κ2) is 6.81. The maximum absolute atomic E-state index is 5.77. The fourth-order valence-electron chi connectivity index (χ4n) is 1.91. The molecule has 4 nitrogen and oxygen atoms in total. The summed E-state index contributed by atoms with van der Waals surface area (Å²) in [6, 6.07) is 6.13. The summed E-state index contributed by atoms with van der Waals surface area (Å²) < 4.78 is 5.77. The van der Waals surface area contributed by atoms with Gasteiger partial charge in [0, 0.05) is 6.54 Å². The third kappa shape index (κ3) is 4.58. The van der Waals surface area contributed by atoms with E-state index >= 15 is 0 Å². The monoisotopic (exact) mass is 291 g/mol. The van der Waals surface area contributed by atoms with Crippen LogP contribution in [0.2, 0.25) is 0 Å². The molecule has 0 aliphatic carbocycles. The van der Waals surface area contributed by atoms with Gasteiger partial charge in [-0.1, -0.05) is 36.3 Å². The molecule has 0 spiro atoms. The van der Waals surface area contributed by atoms with Crippen LogP contribution in [0.5, 0.6) is 10.9 Å². The van der Waals surface area contributed by atoms with Gasteiger partial charge in [0.05, 0.1) is 0 Å². The first-order chi connectivity index (χ1) is 9.52. The minimum atomic E-state index is 0.594. The maximum Gasteiger partial charge on any atom is 0.299 e. The molecule has 0 radical (unpaired) electrons. The molecule has 0 amide bonds. The quantitative estimate of drug-likeness (QED) is 0.881. The Balaban J connectivity index is 1.95. The Labute approximate surface area is 124 Å². The van der Waals surface area contributed by atoms with Gasteiger partial charge < -0.3 is 10.1 Å². The molecule has 2 rings (SSSR count). The number of benzene rings is 1. The maximum atomic E-state index is 5.77. The molecule has 5 heteroatoms. The number of hydrogen-bond donors (Lipinski definition) is 1. The van der Waals surface area contributed by atoms with E-state index < -0.39 is 0 Å². The number of aromatic nitrogens is 2. The van der Waals surface area contributed by atoms with Crippen molar-refractivity contribution in [1.82, 2.24) is 15.5 Å². The Morgan fingerprint density at radius 2 is 1.85 bits per heavy atom. The average Bonchev–Trinajstić information content (AvgIpc) is 2.74. The second-order valence-corrected chi connectivity index (χ2v) is 6.44. The van der Waals surface area contributed by atoms with Gasteiger partial charge in [0.1, 0.15) is 10.8 Å². The van der Waals surface area contributed by atoms with Gasteiger partial charge in [-0.15, -0.1) is 5.10 Å². The van der Waals surface area contributed by atoms with E-state index in [2.05, 4.69) is 49.3 Å². The number of nitrogens with one attached hydrogen (secondary N) is 1. The molecule has 0 aliphatic rings. The van der Waals surface area contributed by atoms with E-state index in [0.29, 0.717) is 11.1 Å². The summed E-state index contributed by atoms with van der Waals surface area (Å²) in [5, 5.41) is 13.1. The molecule has 0 bridgehead atoms. The van der Waals surface area contributed by atoms with E-state index in [1.165, 1.54) is 22.5 Å². The lowest BCUT2D eigenvalue weighted by Gasteiger charge is -2.04. The van der Waals surface area contributed by atoms with Gasteiger partial charge in [-0.25, -0.2) is 0 Å². The van der Waals surface area contributed by atoms with Gasteiger partial charge in [0.2, 0.25) is 0 Å². The first kappa shape index (κ1) is 14.9.